The standard InChI is InChI=1S/C17H29N3O3.HI/c1-7-23-15-10-13(8-9-14(15)21-5)11-19-16(18-4)20-12-17(2,3)22-6;/h8-10H,7,11-12H2,1-6H3,(H2,18,19,20);1H. The molecule has 0 aliphatic carbocycles. The normalized spacial score (nSPS) is 11.5. The Balaban J connectivity index is 0.00000529. The number of halogens is 1. The SMILES string of the molecule is CCOc1cc(CNC(=NC)NCC(C)(C)OC)ccc1OC.I. The van der Waals surface area contributed by atoms with Gasteiger partial charge in [-0.15, -0.1) is 24.0 Å². The molecule has 1 rings (SSSR count). The lowest BCUT2D eigenvalue weighted by Crippen LogP contribution is -2.45. The van der Waals surface area contributed by atoms with E-state index >= 15 is 0 Å². The fourth-order valence-electron chi connectivity index (χ4n) is 1.87. The van der Waals surface area contributed by atoms with Crippen LogP contribution in [0.2, 0.25) is 0 Å². The number of aliphatic imine (C=N–C) groups is 1. The Morgan fingerprint density at radius 3 is 2.42 bits per heavy atom. The zero-order valence-corrected chi connectivity index (χ0v) is 17.8. The molecule has 0 saturated carbocycles. The first kappa shape index (κ1) is 22.8. The molecule has 0 aromatic heterocycles. The molecule has 0 amide bonds. The third kappa shape index (κ3) is 7.57. The van der Waals surface area contributed by atoms with Crippen molar-refractivity contribution < 1.29 is 14.2 Å². The molecule has 7 heteroatoms. The predicted octanol–water partition coefficient (Wildman–Crippen LogP) is 2.80. The highest BCUT2D eigenvalue weighted by Gasteiger charge is 2.16. The van der Waals surface area contributed by atoms with E-state index in [1.165, 1.54) is 0 Å². The van der Waals surface area contributed by atoms with Crippen LogP contribution in [0, 0.1) is 0 Å². The summed E-state index contributed by atoms with van der Waals surface area (Å²) in [5.41, 5.74) is 0.836. The van der Waals surface area contributed by atoms with Gasteiger partial charge >= 0.3 is 0 Å². The fraction of sp³-hybridized carbons (Fsp3) is 0.588. The van der Waals surface area contributed by atoms with Crippen LogP contribution in [-0.2, 0) is 11.3 Å². The zero-order chi connectivity index (χ0) is 17.3. The second-order valence-corrected chi connectivity index (χ2v) is 5.66. The molecule has 0 radical (unpaired) electrons. The number of nitrogens with zero attached hydrogens (tertiary/aromatic N) is 1. The number of nitrogens with one attached hydrogen (secondary N) is 2. The summed E-state index contributed by atoms with van der Waals surface area (Å²) in [5.74, 6) is 2.21. The molecule has 24 heavy (non-hydrogen) atoms. The van der Waals surface area contributed by atoms with E-state index in [4.69, 9.17) is 14.2 Å². The van der Waals surface area contributed by atoms with Gasteiger partial charge in [-0.2, -0.15) is 0 Å². The van der Waals surface area contributed by atoms with E-state index in [2.05, 4.69) is 15.6 Å². The Morgan fingerprint density at radius 2 is 1.88 bits per heavy atom. The van der Waals surface area contributed by atoms with Crippen molar-refractivity contribution in [1.82, 2.24) is 10.6 Å². The van der Waals surface area contributed by atoms with Gasteiger partial charge in [0.05, 0.1) is 19.3 Å². The van der Waals surface area contributed by atoms with Crippen molar-refractivity contribution in [2.24, 2.45) is 4.99 Å². The van der Waals surface area contributed by atoms with Gasteiger partial charge in [-0.25, -0.2) is 0 Å². The maximum atomic E-state index is 5.59. The van der Waals surface area contributed by atoms with Crippen molar-refractivity contribution in [3.05, 3.63) is 23.8 Å². The Kier molecular flexibility index (Phi) is 10.8. The minimum absolute atomic E-state index is 0. The van der Waals surface area contributed by atoms with Crippen LogP contribution in [0.15, 0.2) is 23.2 Å². The first-order valence-electron chi connectivity index (χ1n) is 7.75. The van der Waals surface area contributed by atoms with Gasteiger partial charge in [-0.3, -0.25) is 4.99 Å². The highest BCUT2D eigenvalue weighted by molar-refractivity contribution is 14.0. The smallest absolute Gasteiger partial charge is 0.191 e. The molecule has 1 aromatic rings. The van der Waals surface area contributed by atoms with Crippen molar-refractivity contribution in [1.29, 1.82) is 0 Å². The molecule has 0 heterocycles. The lowest BCUT2D eigenvalue weighted by atomic mass is 10.1. The average molecular weight is 451 g/mol. The van der Waals surface area contributed by atoms with Crippen LogP contribution in [0.3, 0.4) is 0 Å². The summed E-state index contributed by atoms with van der Waals surface area (Å²) in [4.78, 5) is 4.22. The molecule has 0 saturated heterocycles. The molecule has 0 fully saturated rings. The minimum atomic E-state index is -0.250. The second-order valence-electron chi connectivity index (χ2n) is 5.66. The van der Waals surface area contributed by atoms with Gasteiger partial charge in [-0.1, -0.05) is 6.07 Å². The largest absolute Gasteiger partial charge is 0.493 e. The number of benzene rings is 1. The molecule has 0 unspecified atom stereocenters. The van der Waals surface area contributed by atoms with Crippen LogP contribution in [0.4, 0.5) is 0 Å². The summed E-state index contributed by atoms with van der Waals surface area (Å²) in [6.45, 7) is 7.89. The molecule has 2 N–H and O–H groups in total. The topological polar surface area (TPSA) is 64.1 Å². The number of rotatable bonds is 8. The second kappa shape index (κ2) is 11.4. The van der Waals surface area contributed by atoms with Gasteiger partial charge in [0.2, 0.25) is 0 Å². The number of hydrogen-bond acceptors (Lipinski definition) is 4. The van der Waals surface area contributed by atoms with Crippen molar-refractivity contribution in [2.75, 3.05) is 34.4 Å². The van der Waals surface area contributed by atoms with Crippen LogP contribution in [-0.4, -0.2) is 46.0 Å². The molecule has 1 aromatic carbocycles. The van der Waals surface area contributed by atoms with Gasteiger partial charge in [0.15, 0.2) is 17.5 Å². The first-order valence-corrected chi connectivity index (χ1v) is 7.75. The molecule has 138 valence electrons. The van der Waals surface area contributed by atoms with Crippen LogP contribution >= 0.6 is 24.0 Å². The zero-order valence-electron chi connectivity index (χ0n) is 15.4. The van der Waals surface area contributed by atoms with Gasteiger partial charge in [0.1, 0.15) is 0 Å². The molecule has 0 atom stereocenters. The summed E-state index contributed by atoms with van der Waals surface area (Å²) >= 11 is 0. The lowest BCUT2D eigenvalue weighted by molar-refractivity contribution is 0.0268. The third-order valence-electron chi connectivity index (χ3n) is 3.45. The molecular weight excluding hydrogens is 421 g/mol. The fourth-order valence-corrected chi connectivity index (χ4v) is 1.87. The van der Waals surface area contributed by atoms with E-state index in [0.29, 0.717) is 19.7 Å². The van der Waals surface area contributed by atoms with Crippen molar-refractivity contribution >= 4 is 29.9 Å². The summed E-state index contributed by atoms with van der Waals surface area (Å²) in [5, 5.41) is 6.53. The molecular formula is C17H30IN3O3. The summed E-state index contributed by atoms with van der Waals surface area (Å²) in [6, 6.07) is 5.88. The Morgan fingerprint density at radius 1 is 1.17 bits per heavy atom. The van der Waals surface area contributed by atoms with E-state index in [-0.39, 0.29) is 29.6 Å². The molecule has 6 nitrogen and oxygen atoms in total. The van der Waals surface area contributed by atoms with Crippen LogP contribution in [0.1, 0.15) is 26.3 Å². The maximum absolute atomic E-state index is 5.59. The van der Waals surface area contributed by atoms with Gasteiger partial charge in [-0.05, 0) is 38.5 Å². The van der Waals surface area contributed by atoms with Gasteiger partial charge in [0.25, 0.3) is 0 Å². The van der Waals surface area contributed by atoms with Gasteiger partial charge in [0, 0.05) is 27.2 Å². The van der Waals surface area contributed by atoms with Crippen LogP contribution in [0.25, 0.3) is 0 Å². The predicted molar refractivity (Wildman–Crippen MR) is 109 cm³/mol. The van der Waals surface area contributed by atoms with E-state index in [1.807, 2.05) is 39.0 Å². The number of ether oxygens (including phenoxy) is 3. The third-order valence-corrected chi connectivity index (χ3v) is 3.45. The maximum Gasteiger partial charge on any atom is 0.191 e. The van der Waals surface area contributed by atoms with Gasteiger partial charge < -0.3 is 24.8 Å². The summed E-state index contributed by atoms with van der Waals surface area (Å²) in [7, 11) is 5.08. The average Bonchev–Trinajstić information content (AvgIpc) is 2.55. The Bertz CT molecular complexity index is 522. The Labute approximate surface area is 162 Å². The quantitative estimate of drug-likeness (QED) is 0.362. The number of hydrogen-bond donors (Lipinski definition) is 2. The molecule has 0 bridgehead atoms. The van der Waals surface area contributed by atoms with Crippen LogP contribution in [0.5, 0.6) is 11.5 Å². The first-order chi connectivity index (χ1) is 11.0. The lowest BCUT2D eigenvalue weighted by Gasteiger charge is -2.24. The Hall–Kier alpha value is -1.22. The highest BCUT2D eigenvalue weighted by Crippen LogP contribution is 2.27. The van der Waals surface area contributed by atoms with E-state index in [9.17, 15) is 0 Å². The van der Waals surface area contributed by atoms with Crippen LogP contribution < -0.4 is 20.1 Å². The summed E-state index contributed by atoms with van der Waals surface area (Å²) in [6.07, 6.45) is 0. The number of guanidine groups is 1. The highest BCUT2D eigenvalue weighted by atomic mass is 127. The summed E-state index contributed by atoms with van der Waals surface area (Å²) < 4.78 is 16.3. The monoisotopic (exact) mass is 451 g/mol. The van der Waals surface area contributed by atoms with Crippen molar-refractivity contribution in [3.63, 3.8) is 0 Å². The minimum Gasteiger partial charge on any atom is -0.493 e. The molecule has 0 spiro atoms. The number of methoxy groups -OCH3 is 2. The molecule has 0 aliphatic rings. The van der Waals surface area contributed by atoms with E-state index in [0.717, 1.165) is 23.0 Å². The van der Waals surface area contributed by atoms with Crippen molar-refractivity contribution in [3.8, 4) is 11.5 Å². The van der Waals surface area contributed by atoms with Crippen molar-refractivity contribution in [2.45, 2.75) is 32.9 Å². The molecule has 0 aliphatic heterocycles. The van der Waals surface area contributed by atoms with E-state index in [1.54, 1.807) is 21.3 Å². The van der Waals surface area contributed by atoms with E-state index < -0.39 is 0 Å².